The van der Waals surface area contributed by atoms with Gasteiger partial charge in [-0.15, -0.1) is 0 Å². The zero-order chi connectivity index (χ0) is 14.9. The van der Waals surface area contributed by atoms with Gasteiger partial charge in [0.25, 0.3) is 0 Å². The molecular weight excluding hydrogens is 298 g/mol. The largest absolute Gasteiger partial charge is 0.316 e. The predicted molar refractivity (Wildman–Crippen MR) is 77.7 cm³/mol. The summed E-state index contributed by atoms with van der Waals surface area (Å²) in [6.45, 7) is 4.12. The lowest BCUT2D eigenvalue weighted by atomic mass is 10.3. The lowest BCUT2D eigenvalue weighted by molar-refractivity contribution is -0.116. The van der Waals surface area contributed by atoms with Crippen LogP contribution in [0.4, 0.5) is 0 Å². The minimum absolute atomic E-state index is 0.0595. The molecule has 0 spiro atoms. The minimum atomic E-state index is -3.73. The molecular formula is C12H15N3O3S2. The molecule has 2 aromatic rings. The Balaban J connectivity index is 2.77. The second kappa shape index (κ2) is 5.47. The van der Waals surface area contributed by atoms with E-state index in [0.29, 0.717) is 11.3 Å². The summed E-state index contributed by atoms with van der Waals surface area (Å²) in [4.78, 5) is 15.8. The van der Waals surface area contributed by atoms with Gasteiger partial charge < -0.3 is 4.57 Å². The normalized spacial score (nSPS) is 13.1. The number of thiazole rings is 1. The molecule has 0 radical (unpaired) electrons. The molecule has 0 aliphatic rings. The molecule has 0 atom stereocenters. The lowest BCUT2D eigenvalue weighted by Crippen LogP contribution is -2.16. The number of carbonyl (C=O) groups excluding carboxylic acids is 1. The first kappa shape index (κ1) is 14.9. The highest BCUT2D eigenvalue weighted by molar-refractivity contribution is 7.89. The van der Waals surface area contributed by atoms with Gasteiger partial charge in [-0.25, -0.2) is 13.6 Å². The topological polar surface area (TPSA) is 94.5 Å². The number of fused-ring (bicyclic) bond motifs is 1. The van der Waals surface area contributed by atoms with Crippen LogP contribution < -0.4 is 9.94 Å². The van der Waals surface area contributed by atoms with Crippen molar-refractivity contribution in [2.75, 3.05) is 0 Å². The number of nitrogens with two attached hydrogens (primary N) is 1. The Bertz CT molecular complexity index is 831. The van der Waals surface area contributed by atoms with Crippen LogP contribution in [0.5, 0.6) is 0 Å². The van der Waals surface area contributed by atoms with Gasteiger partial charge in [0.1, 0.15) is 0 Å². The summed E-state index contributed by atoms with van der Waals surface area (Å²) in [5.41, 5.74) is 0.851. The zero-order valence-electron chi connectivity index (χ0n) is 11.2. The van der Waals surface area contributed by atoms with Crippen molar-refractivity contribution < 1.29 is 13.2 Å². The second-order valence-corrected chi connectivity index (χ2v) is 6.91. The number of sulfonamides is 1. The maximum Gasteiger partial charge on any atom is 0.245 e. The molecule has 0 saturated carbocycles. The van der Waals surface area contributed by atoms with Crippen LogP contribution in [0, 0.1) is 0 Å². The van der Waals surface area contributed by atoms with Gasteiger partial charge in [-0.3, -0.25) is 4.79 Å². The van der Waals surface area contributed by atoms with E-state index in [1.54, 1.807) is 6.07 Å². The van der Waals surface area contributed by atoms with Crippen molar-refractivity contribution in [3.05, 3.63) is 23.0 Å². The average molecular weight is 313 g/mol. The molecule has 1 amide bonds. The SMILES string of the molecule is CCCn1c(=NC(C)=O)sc2cc(S(N)(=O)=O)ccc21. The fourth-order valence-electron chi connectivity index (χ4n) is 1.89. The molecule has 0 unspecified atom stereocenters. The van der Waals surface area contributed by atoms with E-state index in [1.165, 1.54) is 30.4 Å². The highest BCUT2D eigenvalue weighted by Gasteiger charge is 2.12. The number of amides is 1. The smallest absolute Gasteiger partial charge is 0.245 e. The van der Waals surface area contributed by atoms with Crippen LogP contribution in [-0.2, 0) is 21.4 Å². The zero-order valence-corrected chi connectivity index (χ0v) is 12.8. The van der Waals surface area contributed by atoms with Crippen molar-refractivity contribution >= 4 is 37.5 Å². The molecule has 0 aliphatic heterocycles. The van der Waals surface area contributed by atoms with Gasteiger partial charge in [0.05, 0.1) is 15.1 Å². The minimum Gasteiger partial charge on any atom is -0.316 e. The number of hydrogen-bond acceptors (Lipinski definition) is 4. The molecule has 0 fully saturated rings. The summed E-state index contributed by atoms with van der Waals surface area (Å²) in [7, 11) is -3.73. The number of hydrogen-bond donors (Lipinski definition) is 1. The molecule has 6 nitrogen and oxygen atoms in total. The van der Waals surface area contributed by atoms with Crippen molar-refractivity contribution in [3.63, 3.8) is 0 Å². The Morgan fingerprint density at radius 2 is 2.15 bits per heavy atom. The average Bonchev–Trinajstić information content (AvgIpc) is 2.65. The molecule has 20 heavy (non-hydrogen) atoms. The summed E-state index contributed by atoms with van der Waals surface area (Å²) >= 11 is 1.28. The summed E-state index contributed by atoms with van der Waals surface area (Å²) in [6, 6.07) is 4.68. The monoisotopic (exact) mass is 313 g/mol. The third-order valence-corrected chi connectivity index (χ3v) is 4.64. The molecule has 0 aliphatic carbocycles. The number of aromatic nitrogens is 1. The van der Waals surface area contributed by atoms with E-state index in [2.05, 4.69) is 4.99 Å². The molecule has 1 heterocycles. The highest BCUT2D eigenvalue weighted by atomic mass is 32.2. The summed E-state index contributed by atoms with van der Waals surface area (Å²) in [6.07, 6.45) is 0.883. The van der Waals surface area contributed by atoms with Crippen molar-refractivity contribution in [2.45, 2.75) is 31.7 Å². The first-order valence-corrected chi connectivity index (χ1v) is 8.40. The lowest BCUT2D eigenvalue weighted by Gasteiger charge is -2.03. The first-order valence-electron chi connectivity index (χ1n) is 6.04. The number of nitrogens with zero attached hydrogens (tertiary/aromatic N) is 2. The van der Waals surface area contributed by atoms with Crippen LogP contribution in [0.25, 0.3) is 10.2 Å². The number of aryl methyl sites for hydroxylation is 1. The van der Waals surface area contributed by atoms with E-state index in [1.807, 2.05) is 11.5 Å². The fraction of sp³-hybridized carbons (Fsp3) is 0.333. The van der Waals surface area contributed by atoms with Gasteiger partial charge >= 0.3 is 0 Å². The van der Waals surface area contributed by atoms with Gasteiger partial charge in [-0.05, 0) is 24.6 Å². The number of primary sulfonamides is 1. The van der Waals surface area contributed by atoms with Crippen molar-refractivity contribution in [2.24, 2.45) is 10.1 Å². The van der Waals surface area contributed by atoms with E-state index >= 15 is 0 Å². The van der Waals surface area contributed by atoms with Gasteiger partial charge in [0.15, 0.2) is 4.80 Å². The Kier molecular flexibility index (Phi) is 4.07. The van der Waals surface area contributed by atoms with Gasteiger partial charge in [0, 0.05) is 13.5 Å². The molecule has 8 heteroatoms. The van der Waals surface area contributed by atoms with Crippen LogP contribution in [0.3, 0.4) is 0 Å². The quantitative estimate of drug-likeness (QED) is 0.922. The third kappa shape index (κ3) is 2.97. The van der Waals surface area contributed by atoms with Crippen molar-refractivity contribution in [1.29, 1.82) is 0 Å². The maximum atomic E-state index is 11.4. The summed E-state index contributed by atoms with van der Waals surface area (Å²) in [5, 5.41) is 5.12. The van der Waals surface area contributed by atoms with Crippen LogP contribution in [0.1, 0.15) is 20.3 Å². The van der Waals surface area contributed by atoms with Gasteiger partial charge in [0.2, 0.25) is 15.9 Å². The molecule has 0 bridgehead atoms. The van der Waals surface area contributed by atoms with Crippen LogP contribution in [0.15, 0.2) is 28.1 Å². The third-order valence-electron chi connectivity index (χ3n) is 2.68. The van der Waals surface area contributed by atoms with E-state index in [4.69, 9.17) is 5.14 Å². The number of carbonyl (C=O) groups is 1. The Hall–Kier alpha value is -1.51. The molecule has 2 N–H and O–H groups in total. The van der Waals surface area contributed by atoms with Crippen LogP contribution in [-0.4, -0.2) is 18.9 Å². The first-order chi connectivity index (χ1) is 9.32. The Labute approximate surface area is 120 Å². The number of rotatable bonds is 3. The van der Waals surface area contributed by atoms with Crippen LogP contribution >= 0.6 is 11.3 Å². The van der Waals surface area contributed by atoms with Crippen molar-refractivity contribution in [3.8, 4) is 0 Å². The maximum absolute atomic E-state index is 11.4. The van der Waals surface area contributed by atoms with Gasteiger partial charge in [-0.1, -0.05) is 18.3 Å². The molecule has 2 rings (SSSR count). The molecule has 108 valence electrons. The van der Waals surface area contributed by atoms with E-state index in [0.717, 1.165) is 16.6 Å². The Morgan fingerprint density at radius 3 is 2.70 bits per heavy atom. The second-order valence-electron chi connectivity index (χ2n) is 4.34. The predicted octanol–water partition coefficient (Wildman–Crippen LogP) is 1.21. The van der Waals surface area contributed by atoms with Gasteiger partial charge in [-0.2, -0.15) is 4.99 Å². The Morgan fingerprint density at radius 1 is 1.45 bits per heavy atom. The fourth-order valence-corrected chi connectivity index (χ4v) is 3.64. The summed E-state index contributed by atoms with van der Waals surface area (Å²) in [5.74, 6) is -0.284. The molecule has 1 aromatic carbocycles. The highest BCUT2D eigenvalue weighted by Crippen LogP contribution is 2.21. The van der Waals surface area contributed by atoms with Crippen LogP contribution in [0.2, 0.25) is 0 Å². The van der Waals surface area contributed by atoms with E-state index < -0.39 is 10.0 Å². The summed E-state index contributed by atoms with van der Waals surface area (Å²) < 4.78 is 25.4. The molecule has 1 aromatic heterocycles. The number of benzene rings is 1. The molecule has 0 saturated heterocycles. The standard InChI is InChI=1S/C12H15N3O3S2/c1-3-6-15-10-5-4-9(20(13,17)18)7-11(10)19-12(15)14-8(2)16/h4-5,7H,3,6H2,1-2H3,(H2,13,17,18). The van der Waals surface area contributed by atoms with E-state index in [-0.39, 0.29) is 10.8 Å². The van der Waals surface area contributed by atoms with E-state index in [9.17, 15) is 13.2 Å². The van der Waals surface area contributed by atoms with Crippen molar-refractivity contribution in [1.82, 2.24) is 4.57 Å².